The lowest BCUT2D eigenvalue weighted by atomic mass is 9.97. The van der Waals surface area contributed by atoms with Crippen LogP contribution in [0.15, 0.2) is 18.2 Å². The van der Waals surface area contributed by atoms with Gasteiger partial charge in [-0.1, -0.05) is 18.2 Å². The summed E-state index contributed by atoms with van der Waals surface area (Å²) in [6, 6.07) is 7.45. The van der Waals surface area contributed by atoms with E-state index in [4.69, 9.17) is 10.5 Å². The quantitative estimate of drug-likeness (QED) is 0.921. The fraction of sp³-hybridized carbons (Fsp3) is 0.647. The molecular formula is C17H26N2O. The van der Waals surface area contributed by atoms with Crippen molar-refractivity contribution in [3.63, 3.8) is 0 Å². The normalized spacial score (nSPS) is 26.3. The summed E-state index contributed by atoms with van der Waals surface area (Å²) < 4.78 is 6.22. The standard InChI is InChI=1S/C17H26N2O/c1-12-6-5-9-19(12)15(11-18)14-8-4-7-13-10-17(2,3)20-16(13)14/h4,7-8,12,15H,5-6,9-11,18H2,1-3H3. The molecule has 0 bridgehead atoms. The second-order valence-electron chi connectivity index (χ2n) is 6.85. The molecule has 2 aliphatic heterocycles. The number of nitrogens with zero attached hydrogens (tertiary/aromatic N) is 1. The fourth-order valence-corrected chi connectivity index (χ4v) is 3.76. The molecule has 3 nitrogen and oxygen atoms in total. The summed E-state index contributed by atoms with van der Waals surface area (Å²) in [6.45, 7) is 8.43. The van der Waals surface area contributed by atoms with E-state index < -0.39 is 0 Å². The number of ether oxygens (including phenoxy) is 1. The lowest BCUT2D eigenvalue weighted by Crippen LogP contribution is -2.36. The molecule has 2 aliphatic rings. The molecule has 0 aliphatic carbocycles. The topological polar surface area (TPSA) is 38.5 Å². The number of hydrogen-bond acceptors (Lipinski definition) is 3. The van der Waals surface area contributed by atoms with Crippen molar-refractivity contribution >= 4 is 0 Å². The molecule has 110 valence electrons. The Morgan fingerprint density at radius 2 is 2.25 bits per heavy atom. The summed E-state index contributed by atoms with van der Waals surface area (Å²) in [5.74, 6) is 1.09. The maximum Gasteiger partial charge on any atom is 0.128 e. The van der Waals surface area contributed by atoms with Gasteiger partial charge in [-0.15, -0.1) is 0 Å². The van der Waals surface area contributed by atoms with Crippen LogP contribution in [0.5, 0.6) is 5.75 Å². The highest BCUT2D eigenvalue weighted by atomic mass is 16.5. The van der Waals surface area contributed by atoms with Gasteiger partial charge < -0.3 is 10.5 Å². The van der Waals surface area contributed by atoms with Gasteiger partial charge in [0.2, 0.25) is 0 Å². The Morgan fingerprint density at radius 3 is 2.90 bits per heavy atom. The molecule has 2 unspecified atom stereocenters. The summed E-state index contributed by atoms with van der Waals surface area (Å²) in [6.07, 6.45) is 3.54. The van der Waals surface area contributed by atoms with Crippen molar-refractivity contribution in [1.29, 1.82) is 0 Å². The summed E-state index contributed by atoms with van der Waals surface area (Å²) in [5.41, 5.74) is 8.64. The minimum atomic E-state index is -0.0891. The zero-order valence-corrected chi connectivity index (χ0v) is 12.9. The molecular weight excluding hydrogens is 248 g/mol. The first-order valence-electron chi connectivity index (χ1n) is 7.78. The number of para-hydroxylation sites is 1. The molecule has 0 radical (unpaired) electrons. The van der Waals surface area contributed by atoms with Crippen molar-refractivity contribution in [3.8, 4) is 5.75 Å². The maximum absolute atomic E-state index is 6.22. The zero-order chi connectivity index (χ0) is 14.3. The van der Waals surface area contributed by atoms with Gasteiger partial charge in [0, 0.05) is 24.6 Å². The van der Waals surface area contributed by atoms with Crippen LogP contribution in [-0.4, -0.2) is 29.6 Å². The third-order valence-electron chi connectivity index (χ3n) is 4.71. The fourth-order valence-electron chi connectivity index (χ4n) is 3.76. The Balaban J connectivity index is 1.96. The maximum atomic E-state index is 6.22. The van der Waals surface area contributed by atoms with Crippen molar-refractivity contribution in [3.05, 3.63) is 29.3 Å². The van der Waals surface area contributed by atoms with E-state index in [0.717, 1.165) is 18.7 Å². The highest BCUT2D eigenvalue weighted by molar-refractivity contribution is 5.47. The predicted octanol–water partition coefficient (Wildman–Crippen LogP) is 2.88. The first-order chi connectivity index (χ1) is 9.52. The largest absolute Gasteiger partial charge is 0.487 e. The minimum Gasteiger partial charge on any atom is -0.487 e. The Bertz CT molecular complexity index is 498. The van der Waals surface area contributed by atoms with Crippen molar-refractivity contribution < 1.29 is 4.74 Å². The molecule has 1 saturated heterocycles. The van der Waals surface area contributed by atoms with E-state index >= 15 is 0 Å². The Kier molecular flexibility index (Phi) is 3.51. The van der Waals surface area contributed by atoms with Gasteiger partial charge in [0.05, 0.1) is 6.04 Å². The van der Waals surface area contributed by atoms with Crippen molar-refractivity contribution in [2.75, 3.05) is 13.1 Å². The first-order valence-corrected chi connectivity index (χ1v) is 7.78. The van der Waals surface area contributed by atoms with Crippen LogP contribution in [-0.2, 0) is 6.42 Å². The number of nitrogens with two attached hydrogens (primary N) is 1. The monoisotopic (exact) mass is 274 g/mol. The van der Waals surface area contributed by atoms with Crippen LogP contribution in [0.2, 0.25) is 0 Å². The SMILES string of the molecule is CC1CCCN1C(CN)c1cccc2c1OC(C)(C)C2. The van der Waals surface area contributed by atoms with E-state index in [1.54, 1.807) is 0 Å². The Hall–Kier alpha value is -1.06. The summed E-state index contributed by atoms with van der Waals surface area (Å²) >= 11 is 0. The van der Waals surface area contributed by atoms with E-state index in [1.807, 2.05) is 0 Å². The minimum absolute atomic E-state index is 0.0891. The Labute approximate surface area is 122 Å². The van der Waals surface area contributed by atoms with Gasteiger partial charge in [0.15, 0.2) is 0 Å². The molecule has 2 heterocycles. The smallest absolute Gasteiger partial charge is 0.128 e. The molecule has 0 aromatic heterocycles. The number of hydrogen-bond donors (Lipinski definition) is 1. The summed E-state index contributed by atoms with van der Waals surface area (Å²) in [7, 11) is 0. The number of rotatable bonds is 3. The van der Waals surface area contributed by atoms with Crippen molar-refractivity contribution in [1.82, 2.24) is 4.90 Å². The van der Waals surface area contributed by atoms with Gasteiger partial charge in [-0.3, -0.25) is 4.90 Å². The van der Waals surface area contributed by atoms with Crippen LogP contribution in [0.3, 0.4) is 0 Å². The molecule has 1 fully saturated rings. The van der Waals surface area contributed by atoms with E-state index in [-0.39, 0.29) is 11.6 Å². The van der Waals surface area contributed by atoms with Crippen LogP contribution in [0.4, 0.5) is 0 Å². The lowest BCUT2D eigenvalue weighted by Gasteiger charge is -2.32. The molecule has 1 aromatic carbocycles. The van der Waals surface area contributed by atoms with Gasteiger partial charge in [0.1, 0.15) is 11.4 Å². The van der Waals surface area contributed by atoms with Gasteiger partial charge in [-0.2, -0.15) is 0 Å². The number of benzene rings is 1. The van der Waals surface area contributed by atoms with Gasteiger partial charge in [0.25, 0.3) is 0 Å². The first kappa shape index (κ1) is 13.9. The molecule has 20 heavy (non-hydrogen) atoms. The molecule has 0 saturated carbocycles. The highest BCUT2D eigenvalue weighted by Crippen LogP contribution is 2.42. The van der Waals surface area contributed by atoms with Crippen LogP contribution < -0.4 is 10.5 Å². The second-order valence-corrected chi connectivity index (χ2v) is 6.85. The van der Waals surface area contributed by atoms with Crippen LogP contribution in [0.25, 0.3) is 0 Å². The average molecular weight is 274 g/mol. The average Bonchev–Trinajstić information content (AvgIpc) is 2.93. The number of fused-ring (bicyclic) bond motifs is 1. The highest BCUT2D eigenvalue weighted by Gasteiger charge is 2.36. The van der Waals surface area contributed by atoms with E-state index in [0.29, 0.717) is 12.6 Å². The van der Waals surface area contributed by atoms with Crippen LogP contribution in [0, 0.1) is 0 Å². The molecule has 2 atom stereocenters. The van der Waals surface area contributed by atoms with E-state index in [1.165, 1.54) is 24.0 Å². The second kappa shape index (κ2) is 5.05. The molecule has 3 rings (SSSR count). The number of likely N-dealkylation sites (tertiary alicyclic amines) is 1. The van der Waals surface area contributed by atoms with Crippen LogP contribution in [0.1, 0.15) is 50.8 Å². The van der Waals surface area contributed by atoms with Gasteiger partial charge in [-0.25, -0.2) is 0 Å². The van der Waals surface area contributed by atoms with Gasteiger partial charge >= 0.3 is 0 Å². The van der Waals surface area contributed by atoms with Crippen molar-refractivity contribution in [2.45, 2.75) is 57.7 Å². The molecule has 3 heteroatoms. The summed E-state index contributed by atoms with van der Waals surface area (Å²) in [4.78, 5) is 2.55. The van der Waals surface area contributed by atoms with E-state index in [2.05, 4.69) is 43.9 Å². The zero-order valence-electron chi connectivity index (χ0n) is 12.9. The predicted molar refractivity (Wildman–Crippen MR) is 82.1 cm³/mol. The van der Waals surface area contributed by atoms with E-state index in [9.17, 15) is 0 Å². The molecule has 1 aromatic rings. The third-order valence-corrected chi connectivity index (χ3v) is 4.71. The molecule has 0 spiro atoms. The molecule has 2 N–H and O–H groups in total. The third kappa shape index (κ3) is 2.33. The molecule has 0 amide bonds. The van der Waals surface area contributed by atoms with Crippen LogP contribution >= 0.6 is 0 Å². The van der Waals surface area contributed by atoms with Gasteiger partial charge in [-0.05, 0) is 45.7 Å². The Morgan fingerprint density at radius 1 is 1.45 bits per heavy atom. The lowest BCUT2D eigenvalue weighted by molar-refractivity contribution is 0.131. The summed E-state index contributed by atoms with van der Waals surface area (Å²) in [5, 5.41) is 0. The van der Waals surface area contributed by atoms with Crippen molar-refractivity contribution in [2.24, 2.45) is 5.73 Å².